The van der Waals surface area contributed by atoms with Crippen molar-refractivity contribution >= 4 is 33.7 Å². The Morgan fingerprint density at radius 1 is 0.486 bits per heavy atom. The van der Waals surface area contributed by atoms with Crippen LogP contribution in [0.15, 0.2) is 121 Å². The smallest absolute Gasteiger partial charge is 0.335 e. The molecule has 1 aromatic heterocycles. The van der Waals surface area contributed by atoms with Crippen LogP contribution in [0.4, 0.5) is 0 Å². The van der Waals surface area contributed by atoms with Gasteiger partial charge in [-0.25, -0.2) is 9.59 Å². The van der Waals surface area contributed by atoms with E-state index in [1.54, 1.807) is 0 Å². The highest BCUT2D eigenvalue weighted by molar-refractivity contribution is 6.10. The average Bonchev–Trinajstić information content (AvgIpc) is 3.31. The number of carboxylic acids is 2. The second-order valence-electron chi connectivity index (χ2n) is 8.53. The van der Waals surface area contributed by atoms with Gasteiger partial charge in [0.05, 0.1) is 11.1 Å². The summed E-state index contributed by atoms with van der Waals surface area (Å²) < 4.78 is 0. The lowest BCUT2D eigenvalue weighted by Crippen LogP contribution is -1.99. The fraction of sp³-hybridized carbons (Fsp3) is 0. The number of fused-ring (bicyclic) bond motifs is 3. The van der Waals surface area contributed by atoms with Crippen LogP contribution in [0.25, 0.3) is 44.1 Å². The summed E-state index contributed by atoms with van der Waals surface area (Å²) in [5.41, 5.74) is 7.53. The number of carboxylic acid groups (broad SMARTS) is 2. The fourth-order valence-corrected chi connectivity index (χ4v) is 4.37. The molecule has 0 aliphatic carbocycles. The molecule has 0 spiro atoms. The number of para-hydroxylation sites is 1. The lowest BCUT2D eigenvalue weighted by atomic mass is 9.93. The number of benzene rings is 5. The van der Waals surface area contributed by atoms with E-state index < -0.39 is 11.9 Å². The Morgan fingerprint density at radius 3 is 1.46 bits per heavy atom. The number of aromatic carboxylic acids is 2. The van der Waals surface area contributed by atoms with Crippen molar-refractivity contribution in [2.75, 3.05) is 0 Å². The zero-order valence-corrected chi connectivity index (χ0v) is 19.8. The third-order valence-corrected chi connectivity index (χ3v) is 6.19. The van der Waals surface area contributed by atoms with Crippen molar-refractivity contribution < 1.29 is 19.8 Å². The van der Waals surface area contributed by atoms with Crippen molar-refractivity contribution in [3.05, 3.63) is 132 Å². The van der Waals surface area contributed by atoms with Crippen molar-refractivity contribution in [3.63, 3.8) is 0 Å². The highest BCUT2D eigenvalue weighted by Gasteiger charge is 2.12. The van der Waals surface area contributed by atoms with Gasteiger partial charge in [-0.1, -0.05) is 78.9 Å². The number of hydrogen-bond acceptors (Lipinski definition) is 2. The number of nitrogens with one attached hydrogen (secondary N) is 1. The molecule has 5 nitrogen and oxygen atoms in total. The van der Waals surface area contributed by atoms with Gasteiger partial charge in [0.15, 0.2) is 0 Å². The monoisotopic (exact) mass is 485 g/mol. The van der Waals surface area contributed by atoms with Crippen molar-refractivity contribution in [3.8, 4) is 22.3 Å². The third kappa shape index (κ3) is 4.97. The summed E-state index contributed by atoms with van der Waals surface area (Å²) in [6.45, 7) is 0. The normalized spacial score (nSPS) is 10.6. The van der Waals surface area contributed by atoms with E-state index >= 15 is 0 Å². The van der Waals surface area contributed by atoms with Crippen LogP contribution in [0.5, 0.6) is 0 Å². The van der Waals surface area contributed by atoms with E-state index in [1.807, 2.05) is 0 Å². The summed E-state index contributed by atoms with van der Waals surface area (Å²) in [4.78, 5) is 24.2. The van der Waals surface area contributed by atoms with Gasteiger partial charge >= 0.3 is 11.9 Å². The van der Waals surface area contributed by atoms with Gasteiger partial charge in [0.2, 0.25) is 0 Å². The van der Waals surface area contributed by atoms with Gasteiger partial charge in [0, 0.05) is 21.8 Å². The quantitative estimate of drug-likeness (QED) is 0.238. The van der Waals surface area contributed by atoms with E-state index in [0.717, 1.165) is 0 Å². The summed E-state index contributed by atoms with van der Waals surface area (Å²) in [7, 11) is 0. The Labute approximate surface area is 213 Å². The molecule has 0 amide bonds. The number of carbonyl (C=O) groups is 2. The Balaban J connectivity index is 0.000000198. The first-order valence-corrected chi connectivity index (χ1v) is 11.7. The molecule has 0 saturated heterocycles. The van der Waals surface area contributed by atoms with Crippen LogP contribution in [0.1, 0.15) is 20.7 Å². The maximum absolute atomic E-state index is 10.3. The first-order chi connectivity index (χ1) is 18.0. The van der Waals surface area contributed by atoms with Gasteiger partial charge in [0.25, 0.3) is 0 Å². The fourth-order valence-electron chi connectivity index (χ4n) is 4.37. The molecule has 0 radical (unpaired) electrons. The van der Waals surface area contributed by atoms with Gasteiger partial charge in [-0.3, -0.25) is 0 Å². The molecule has 5 heteroatoms. The zero-order chi connectivity index (χ0) is 25.8. The number of aromatic nitrogens is 1. The summed E-state index contributed by atoms with van der Waals surface area (Å²) in [6, 6.07) is 39.4. The molecule has 0 atom stereocenters. The second-order valence-corrected chi connectivity index (χ2v) is 8.53. The highest BCUT2D eigenvalue weighted by Crippen LogP contribution is 2.37. The van der Waals surface area contributed by atoms with Crippen LogP contribution >= 0.6 is 0 Å². The molecule has 6 aromatic rings. The minimum atomic E-state index is -1.06. The van der Waals surface area contributed by atoms with Crippen LogP contribution in [-0.4, -0.2) is 27.1 Å². The number of hydrogen-bond donors (Lipinski definition) is 3. The zero-order valence-electron chi connectivity index (χ0n) is 19.8. The molecule has 180 valence electrons. The lowest BCUT2D eigenvalue weighted by molar-refractivity contribution is 0.0681. The predicted octanol–water partition coefficient (Wildman–Crippen LogP) is 7.74. The molecule has 1 heterocycles. The van der Waals surface area contributed by atoms with Crippen LogP contribution in [0.3, 0.4) is 0 Å². The number of H-pyrrole nitrogens is 1. The van der Waals surface area contributed by atoms with Crippen molar-refractivity contribution in [1.82, 2.24) is 4.98 Å². The van der Waals surface area contributed by atoms with E-state index in [1.165, 1.54) is 68.3 Å². The van der Waals surface area contributed by atoms with E-state index in [0.29, 0.717) is 0 Å². The Bertz CT molecular complexity index is 1670. The van der Waals surface area contributed by atoms with Gasteiger partial charge in [-0.05, 0) is 64.7 Å². The Kier molecular flexibility index (Phi) is 6.51. The Hall–Kier alpha value is -5.16. The van der Waals surface area contributed by atoms with E-state index in [9.17, 15) is 9.59 Å². The molecule has 0 unspecified atom stereocenters. The molecular formula is C32H23NO4. The van der Waals surface area contributed by atoms with E-state index in [-0.39, 0.29) is 11.1 Å². The molecule has 0 aliphatic heterocycles. The summed E-state index contributed by atoms with van der Waals surface area (Å²) in [6.07, 6.45) is 0. The average molecular weight is 486 g/mol. The van der Waals surface area contributed by atoms with Crippen molar-refractivity contribution in [1.29, 1.82) is 0 Å². The predicted molar refractivity (Wildman–Crippen MR) is 147 cm³/mol. The van der Waals surface area contributed by atoms with Crippen LogP contribution in [0, 0.1) is 0 Å². The molecule has 0 fully saturated rings. The molecule has 37 heavy (non-hydrogen) atoms. The maximum atomic E-state index is 10.3. The van der Waals surface area contributed by atoms with Crippen LogP contribution < -0.4 is 0 Å². The van der Waals surface area contributed by atoms with Crippen LogP contribution in [-0.2, 0) is 0 Å². The highest BCUT2D eigenvalue weighted by atomic mass is 16.4. The molecule has 0 aliphatic rings. The first-order valence-electron chi connectivity index (χ1n) is 11.7. The summed E-state index contributed by atoms with van der Waals surface area (Å²) >= 11 is 0. The summed E-state index contributed by atoms with van der Waals surface area (Å²) in [5, 5.41) is 19.5. The molecule has 6 rings (SSSR count). The Morgan fingerprint density at radius 2 is 0.946 bits per heavy atom. The van der Waals surface area contributed by atoms with Gasteiger partial charge in [-0.2, -0.15) is 0 Å². The van der Waals surface area contributed by atoms with Gasteiger partial charge in [-0.15, -0.1) is 0 Å². The van der Waals surface area contributed by atoms with Gasteiger partial charge in [0.1, 0.15) is 0 Å². The lowest BCUT2D eigenvalue weighted by Gasteiger charge is -2.11. The second kappa shape index (κ2) is 10.2. The van der Waals surface area contributed by atoms with Gasteiger partial charge < -0.3 is 15.2 Å². The standard InChI is InChI=1S/C24H17N.C8H6O4/c1-3-9-17(10-4-1)20-15-22-19-13-7-8-14-23(19)25-24(22)16-21(20)18-11-5-2-6-12-18;9-7(10)5-1-2-6(4-3-5)8(11)12/h1-16,25H;1-4H,(H,9,10)(H,11,12). The molecule has 5 aromatic carbocycles. The largest absolute Gasteiger partial charge is 0.478 e. The third-order valence-electron chi connectivity index (χ3n) is 6.19. The van der Waals surface area contributed by atoms with Crippen molar-refractivity contribution in [2.45, 2.75) is 0 Å². The topological polar surface area (TPSA) is 90.4 Å². The first kappa shape index (κ1) is 23.6. The summed E-state index contributed by atoms with van der Waals surface area (Å²) in [5.74, 6) is -2.13. The molecule has 3 N–H and O–H groups in total. The van der Waals surface area contributed by atoms with E-state index in [4.69, 9.17) is 10.2 Å². The molecule has 0 bridgehead atoms. The number of rotatable bonds is 4. The molecular weight excluding hydrogens is 462 g/mol. The molecule has 0 saturated carbocycles. The minimum Gasteiger partial charge on any atom is -0.478 e. The van der Waals surface area contributed by atoms with Crippen LogP contribution in [0.2, 0.25) is 0 Å². The number of aromatic amines is 1. The minimum absolute atomic E-state index is 0.0833. The van der Waals surface area contributed by atoms with Crippen molar-refractivity contribution in [2.24, 2.45) is 0 Å². The SMILES string of the molecule is O=C(O)c1ccc(C(=O)O)cc1.c1ccc(-c2cc3[nH]c4ccccc4c3cc2-c2ccccc2)cc1. The maximum Gasteiger partial charge on any atom is 0.335 e. The van der Waals surface area contributed by atoms with E-state index in [2.05, 4.69) is 102 Å².